The Bertz CT molecular complexity index is 579. The van der Waals surface area contributed by atoms with Gasteiger partial charge in [0.1, 0.15) is 0 Å². The van der Waals surface area contributed by atoms with E-state index in [1.165, 1.54) is 0 Å². The van der Waals surface area contributed by atoms with Gasteiger partial charge in [0.25, 0.3) is 5.69 Å². The van der Waals surface area contributed by atoms with Crippen molar-refractivity contribution in [2.24, 2.45) is 0 Å². The first-order valence-corrected chi connectivity index (χ1v) is 6.93. The fourth-order valence-corrected chi connectivity index (χ4v) is 2.78. The first-order chi connectivity index (χ1) is 9.90. The topological polar surface area (TPSA) is 95.7 Å². The molecule has 0 spiro atoms. The van der Waals surface area contributed by atoms with Crippen molar-refractivity contribution >= 4 is 28.9 Å². The summed E-state index contributed by atoms with van der Waals surface area (Å²) in [5, 5.41) is 23.1. The normalized spacial score (nSPS) is 18.7. The molecule has 1 aliphatic heterocycles. The average Bonchev–Trinajstić information content (AvgIpc) is 2.81. The van der Waals surface area contributed by atoms with Gasteiger partial charge >= 0.3 is 5.97 Å². The summed E-state index contributed by atoms with van der Waals surface area (Å²) in [6, 6.07) is 2.49. The molecule has 2 rings (SSSR count). The second-order valence-corrected chi connectivity index (χ2v) is 5.48. The highest BCUT2D eigenvalue weighted by Gasteiger charge is 2.24. The van der Waals surface area contributed by atoms with E-state index in [-0.39, 0.29) is 22.0 Å². The lowest BCUT2D eigenvalue weighted by Crippen LogP contribution is -2.32. The lowest BCUT2D eigenvalue weighted by atomic mass is 10.1. The number of rotatable bonds is 5. The highest BCUT2D eigenvalue weighted by Crippen LogP contribution is 2.31. The van der Waals surface area contributed by atoms with Gasteiger partial charge in [0.05, 0.1) is 21.2 Å². The Morgan fingerprint density at radius 3 is 2.86 bits per heavy atom. The van der Waals surface area contributed by atoms with Crippen LogP contribution < -0.4 is 5.32 Å². The summed E-state index contributed by atoms with van der Waals surface area (Å²) < 4.78 is 0. The van der Waals surface area contributed by atoms with Gasteiger partial charge in [-0.1, -0.05) is 11.6 Å². The Morgan fingerprint density at radius 2 is 2.33 bits per heavy atom. The zero-order valence-corrected chi connectivity index (χ0v) is 12.3. The average molecular weight is 314 g/mol. The molecule has 0 aromatic heterocycles. The minimum atomic E-state index is -1.25. The molecule has 7 nitrogen and oxygen atoms in total. The summed E-state index contributed by atoms with van der Waals surface area (Å²) in [7, 11) is 2.01. The van der Waals surface area contributed by atoms with Crippen LogP contribution in [0.1, 0.15) is 23.2 Å². The first-order valence-electron chi connectivity index (χ1n) is 6.55. The van der Waals surface area contributed by atoms with Crippen LogP contribution in [0.3, 0.4) is 0 Å². The molecule has 1 saturated heterocycles. The van der Waals surface area contributed by atoms with E-state index in [9.17, 15) is 20.0 Å². The molecule has 0 amide bonds. The SMILES string of the molecule is CN1CCCC1CNc1c(Cl)cc([N+](=O)[O-])cc1C(=O)O. The van der Waals surface area contributed by atoms with Crippen LogP contribution in [0.2, 0.25) is 5.02 Å². The third-order valence-corrected chi connectivity index (χ3v) is 4.00. The molecule has 1 atom stereocenters. The van der Waals surface area contributed by atoms with Crippen molar-refractivity contribution in [3.05, 3.63) is 32.8 Å². The number of non-ortho nitro benzene ring substituents is 1. The molecule has 1 unspecified atom stereocenters. The number of likely N-dealkylation sites (N-methyl/N-ethyl adjacent to an activating group) is 1. The summed E-state index contributed by atoms with van der Waals surface area (Å²) in [5.41, 5.74) is -0.286. The maximum absolute atomic E-state index is 11.3. The Labute approximate surface area is 126 Å². The second kappa shape index (κ2) is 6.28. The Balaban J connectivity index is 2.25. The van der Waals surface area contributed by atoms with E-state index in [0.29, 0.717) is 12.6 Å². The smallest absolute Gasteiger partial charge is 0.338 e. The molecule has 1 heterocycles. The molecule has 1 aliphatic rings. The maximum Gasteiger partial charge on any atom is 0.338 e. The van der Waals surface area contributed by atoms with Crippen molar-refractivity contribution in [3.63, 3.8) is 0 Å². The van der Waals surface area contributed by atoms with Gasteiger partial charge in [-0.3, -0.25) is 10.1 Å². The zero-order valence-electron chi connectivity index (χ0n) is 11.5. The number of benzene rings is 1. The van der Waals surface area contributed by atoms with Crippen molar-refractivity contribution in [1.82, 2.24) is 4.90 Å². The molecule has 0 radical (unpaired) electrons. The largest absolute Gasteiger partial charge is 0.478 e. The highest BCUT2D eigenvalue weighted by atomic mass is 35.5. The van der Waals surface area contributed by atoms with Gasteiger partial charge in [0, 0.05) is 24.7 Å². The van der Waals surface area contributed by atoms with Crippen LogP contribution in [-0.2, 0) is 0 Å². The van der Waals surface area contributed by atoms with E-state index < -0.39 is 10.9 Å². The third-order valence-electron chi connectivity index (χ3n) is 3.70. The van der Waals surface area contributed by atoms with Gasteiger partial charge in [-0.15, -0.1) is 0 Å². The number of carboxylic acid groups (broad SMARTS) is 1. The summed E-state index contributed by atoms with van der Waals surface area (Å²) >= 11 is 6.00. The second-order valence-electron chi connectivity index (χ2n) is 5.07. The van der Waals surface area contributed by atoms with Crippen LogP contribution in [0.25, 0.3) is 0 Å². The maximum atomic E-state index is 11.3. The molecule has 1 aromatic rings. The molecular formula is C13H16ClN3O4. The number of aromatic carboxylic acids is 1. The van der Waals surface area contributed by atoms with Crippen molar-refractivity contribution in [3.8, 4) is 0 Å². The van der Waals surface area contributed by atoms with E-state index in [1.807, 2.05) is 7.05 Å². The number of nitro groups is 1. The highest BCUT2D eigenvalue weighted by molar-refractivity contribution is 6.34. The van der Waals surface area contributed by atoms with Gasteiger partial charge < -0.3 is 15.3 Å². The lowest BCUT2D eigenvalue weighted by molar-refractivity contribution is -0.384. The molecule has 0 aliphatic carbocycles. The number of carbonyl (C=O) groups is 1. The summed E-state index contributed by atoms with van der Waals surface area (Å²) in [5.74, 6) is -1.25. The number of carboxylic acids is 1. The zero-order chi connectivity index (χ0) is 15.6. The fourth-order valence-electron chi connectivity index (χ4n) is 2.50. The van der Waals surface area contributed by atoms with E-state index >= 15 is 0 Å². The van der Waals surface area contributed by atoms with Gasteiger partial charge in [0.2, 0.25) is 0 Å². The summed E-state index contributed by atoms with van der Waals surface area (Å²) in [4.78, 5) is 23.6. The number of nitrogens with zero attached hydrogens (tertiary/aromatic N) is 2. The van der Waals surface area contributed by atoms with Crippen molar-refractivity contribution < 1.29 is 14.8 Å². The Hall–Kier alpha value is -1.86. The van der Waals surface area contributed by atoms with Crippen LogP contribution in [0.5, 0.6) is 0 Å². The number of likely N-dealkylation sites (tertiary alicyclic amines) is 1. The molecule has 1 fully saturated rings. The van der Waals surface area contributed by atoms with Crippen molar-refractivity contribution in [2.45, 2.75) is 18.9 Å². The van der Waals surface area contributed by atoms with Crippen LogP contribution in [-0.4, -0.2) is 47.1 Å². The molecule has 0 bridgehead atoms. The molecule has 1 aromatic carbocycles. The summed E-state index contributed by atoms with van der Waals surface area (Å²) in [6.07, 6.45) is 2.12. The van der Waals surface area contributed by atoms with Crippen LogP contribution in [0.4, 0.5) is 11.4 Å². The van der Waals surface area contributed by atoms with Crippen LogP contribution in [0, 0.1) is 10.1 Å². The fraction of sp³-hybridized carbons (Fsp3) is 0.462. The molecule has 21 heavy (non-hydrogen) atoms. The summed E-state index contributed by atoms with van der Waals surface area (Å²) in [6.45, 7) is 1.56. The van der Waals surface area contributed by atoms with E-state index in [1.54, 1.807) is 0 Å². The van der Waals surface area contributed by atoms with E-state index in [4.69, 9.17) is 11.6 Å². The van der Waals surface area contributed by atoms with E-state index in [2.05, 4.69) is 10.2 Å². The molecule has 8 heteroatoms. The van der Waals surface area contributed by atoms with Crippen LogP contribution in [0.15, 0.2) is 12.1 Å². The quantitative estimate of drug-likeness (QED) is 0.640. The number of nitro benzene ring substituents is 1. The van der Waals surface area contributed by atoms with Gasteiger partial charge in [-0.2, -0.15) is 0 Å². The number of nitrogens with one attached hydrogen (secondary N) is 1. The molecule has 2 N–H and O–H groups in total. The Morgan fingerprint density at radius 1 is 1.62 bits per heavy atom. The Kier molecular flexibility index (Phi) is 4.64. The van der Waals surface area contributed by atoms with Gasteiger partial charge in [-0.05, 0) is 26.4 Å². The number of anilines is 1. The number of hydrogen-bond donors (Lipinski definition) is 2. The lowest BCUT2D eigenvalue weighted by Gasteiger charge is -2.21. The predicted molar refractivity (Wildman–Crippen MR) is 79.2 cm³/mol. The van der Waals surface area contributed by atoms with Crippen molar-refractivity contribution in [1.29, 1.82) is 0 Å². The van der Waals surface area contributed by atoms with Gasteiger partial charge in [-0.25, -0.2) is 4.79 Å². The third kappa shape index (κ3) is 3.43. The minimum Gasteiger partial charge on any atom is -0.478 e. The van der Waals surface area contributed by atoms with E-state index in [0.717, 1.165) is 31.5 Å². The van der Waals surface area contributed by atoms with Gasteiger partial charge in [0.15, 0.2) is 0 Å². The monoisotopic (exact) mass is 313 g/mol. The molecular weight excluding hydrogens is 298 g/mol. The van der Waals surface area contributed by atoms with Crippen LogP contribution >= 0.6 is 11.6 Å². The minimum absolute atomic E-state index is 0.0438. The molecule has 114 valence electrons. The number of hydrogen-bond acceptors (Lipinski definition) is 5. The standard InChI is InChI=1S/C13H16ClN3O4/c1-16-4-2-3-8(16)7-15-12-10(13(18)19)5-9(17(20)21)6-11(12)14/h5-6,8,15H,2-4,7H2,1H3,(H,18,19). The number of halogens is 1. The molecule has 0 saturated carbocycles. The van der Waals surface area contributed by atoms with Crippen molar-refractivity contribution in [2.75, 3.05) is 25.5 Å². The predicted octanol–water partition coefficient (Wildman–Crippen LogP) is 2.45. The first kappa shape index (κ1) is 15.5.